The molecule has 3 rings (SSSR count). The number of phosphoric ester groups is 1. The zero-order chi connectivity index (χ0) is 31.1. The molecular weight excluding hydrogens is 588 g/mol. The number of phosphoric acid groups is 1. The Labute approximate surface area is 240 Å². The standard InChI is InChI=1S/C23H35FN5O12P/c1-7-33-18-16-17(27-20(25)28-18)29(10-26-16)19-15(6)8-23(24,41-19)9-36-42(32,37-11-34-21(30)39-13(2)3)38-12-35-22(31)40-14(4)5/h10,13-15,19H,7-9,11-12H2,1-6H3,(H2,25,27,28). The van der Waals surface area contributed by atoms with E-state index in [4.69, 9.17) is 38.3 Å². The number of nitrogens with zero attached hydrogens (tertiary/aromatic N) is 4. The van der Waals surface area contributed by atoms with Gasteiger partial charge in [0.2, 0.25) is 31.3 Å². The molecule has 1 fully saturated rings. The second-order valence-electron chi connectivity index (χ2n) is 9.55. The maximum atomic E-state index is 15.9. The smallest absolute Gasteiger partial charge is 0.476 e. The number of ether oxygens (including phenoxy) is 6. The summed E-state index contributed by atoms with van der Waals surface area (Å²) in [4.78, 5) is 35.7. The number of nitrogen functional groups attached to an aromatic ring is 1. The Morgan fingerprint density at radius 1 is 1.12 bits per heavy atom. The summed E-state index contributed by atoms with van der Waals surface area (Å²) in [5.74, 6) is -2.89. The van der Waals surface area contributed by atoms with Gasteiger partial charge in [0.25, 0.3) is 0 Å². The van der Waals surface area contributed by atoms with E-state index in [1.165, 1.54) is 10.9 Å². The molecule has 1 aliphatic rings. The number of alkyl halides is 1. The summed E-state index contributed by atoms with van der Waals surface area (Å²) in [5, 5.41) is 0. The number of nitrogens with two attached hydrogens (primary N) is 1. The third-order valence-electron chi connectivity index (χ3n) is 5.28. The minimum Gasteiger partial charge on any atom is -0.476 e. The van der Waals surface area contributed by atoms with Gasteiger partial charge in [-0.05, 0) is 34.6 Å². The van der Waals surface area contributed by atoms with Crippen LogP contribution in [0.5, 0.6) is 5.88 Å². The van der Waals surface area contributed by atoms with E-state index in [0.29, 0.717) is 12.1 Å². The third-order valence-corrected chi connectivity index (χ3v) is 6.57. The highest BCUT2D eigenvalue weighted by Gasteiger charge is 2.49. The molecule has 0 amide bonds. The number of carbonyl (C=O) groups is 2. The molecule has 0 bridgehead atoms. The van der Waals surface area contributed by atoms with Crippen LogP contribution in [0.3, 0.4) is 0 Å². The number of carbonyl (C=O) groups excluding carboxylic acids is 2. The summed E-state index contributed by atoms with van der Waals surface area (Å²) < 4.78 is 75.7. The molecule has 42 heavy (non-hydrogen) atoms. The highest BCUT2D eigenvalue weighted by molar-refractivity contribution is 7.48. The number of hydrogen-bond acceptors (Lipinski definition) is 16. The lowest BCUT2D eigenvalue weighted by molar-refractivity contribution is -0.177. The Morgan fingerprint density at radius 3 is 2.26 bits per heavy atom. The van der Waals surface area contributed by atoms with Gasteiger partial charge in [-0.1, -0.05) is 6.92 Å². The molecule has 0 aliphatic carbocycles. The predicted molar refractivity (Wildman–Crippen MR) is 140 cm³/mol. The predicted octanol–water partition coefficient (Wildman–Crippen LogP) is 4.22. The minimum absolute atomic E-state index is 0.0811. The molecule has 1 saturated heterocycles. The average Bonchev–Trinajstić information content (AvgIpc) is 3.42. The SMILES string of the molecule is CCOc1nc(N)nc2c1ncn2C1OC(F)(COP(=O)(OCOC(=O)OC(C)C)OCOC(=O)OC(C)C)CC1C. The van der Waals surface area contributed by atoms with Crippen LogP contribution in [-0.2, 0) is 41.8 Å². The zero-order valence-electron chi connectivity index (χ0n) is 24.0. The van der Waals surface area contributed by atoms with Gasteiger partial charge in [0.15, 0.2) is 11.2 Å². The van der Waals surface area contributed by atoms with E-state index >= 15 is 4.39 Å². The largest absolute Gasteiger partial charge is 0.510 e. The lowest BCUT2D eigenvalue weighted by Gasteiger charge is -2.24. The van der Waals surface area contributed by atoms with Crippen molar-refractivity contribution in [3.05, 3.63) is 6.33 Å². The van der Waals surface area contributed by atoms with Crippen molar-refractivity contribution in [3.8, 4) is 5.88 Å². The second kappa shape index (κ2) is 14.2. The van der Waals surface area contributed by atoms with Gasteiger partial charge in [0.05, 0.1) is 25.1 Å². The zero-order valence-corrected chi connectivity index (χ0v) is 24.9. The fraction of sp³-hybridized carbons (Fsp3) is 0.696. The van der Waals surface area contributed by atoms with Gasteiger partial charge in [0, 0.05) is 12.3 Å². The maximum Gasteiger partial charge on any atom is 0.510 e. The van der Waals surface area contributed by atoms with Crippen LogP contribution < -0.4 is 10.5 Å². The molecule has 3 atom stereocenters. The van der Waals surface area contributed by atoms with Gasteiger partial charge in [-0.15, -0.1) is 0 Å². The van der Waals surface area contributed by atoms with Gasteiger partial charge >= 0.3 is 20.1 Å². The number of aromatic nitrogens is 4. The minimum atomic E-state index is -4.71. The Kier molecular flexibility index (Phi) is 11.3. The van der Waals surface area contributed by atoms with Crippen molar-refractivity contribution in [2.75, 3.05) is 32.5 Å². The highest BCUT2D eigenvalue weighted by atomic mass is 31.2. The first-order valence-corrected chi connectivity index (χ1v) is 14.4. The van der Waals surface area contributed by atoms with Gasteiger partial charge in [-0.2, -0.15) is 9.97 Å². The van der Waals surface area contributed by atoms with Crippen LogP contribution in [-0.4, -0.2) is 76.7 Å². The number of rotatable bonds is 14. The van der Waals surface area contributed by atoms with Crippen LogP contribution in [0.1, 0.15) is 54.2 Å². The average molecular weight is 624 g/mol. The topological polar surface area (TPSA) is 204 Å². The van der Waals surface area contributed by atoms with E-state index in [2.05, 4.69) is 24.4 Å². The van der Waals surface area contributed by atoms with Crippen LogP contribution in [0.2, 0.25) is 0 Å². The molecule has 2 aromatic heterocycles. The van der Waals surface area contributed by atoms with E-state index in [0.717, 1.165) is 0 Å². The number of imidazole rings is 1. The van der Waals surface area contributed by atoms with Gasteiger partial charge in [-0.25, -0.2) is 32.6 Å². The van der Waals surface area contributed by atoms with Gasteiger partial charge in [-0.3, -0.25) is 9.09 Å². The molecular formula is C23H35FN5O12P. The molecule has 0 aromatic carbocycles. The first-order chi connectivity index (χ1) is 19.7. The van der Waals surface area contributed by atoms with E-state index < -0.39 is 70.5 Å². The lowest BCUT2D eigenvalue weighted by atomic mass is 10.1. The normalized spacial score (nSPS) is 20.7. The second-order valence-corrected chi connectivity index (χ2v) is 11.2. The first-order valence-electron chi connectivity index (χ1n) is 12.9. The summed E-state index contributed by atoms with van der Waals surface area (Å²) in [6.07, 6.45) is -3.03. The van der Waals surface area contributed by atoms with Crippen molar-refractivity contribution in [1.82, 2.24) is 19.5 Å². The van der Waals surface area contributed by atoms with E-state index in [-0.39, 0.29) is 23.9 Å². The first kappa shape index (κ1) is 33.2. The van der Waals surface area contributed by atoms with Crippen molar-refractivity contribution >= 4 is 37.2 Å². The summed E-state index contributed by atoms with van der Waals surface area (Å²) in [7, 11) is -4.71. The van der Waals surface area contributed by atoms with Crippen molar-refractivity contribution < 1.29 is 60.5 Å². The fourth-order valence-electron chi connectivity index (χ4n) is 3.73. The molecule has 2 aromatic rings. The maximum absolute atomic E-state index is 15.9. The van der Waals surface area contributed by atoms with Crippen LogP contribution in [0.25, 0.3) is 11.2 Å². The van der Waals surface area contributed by atoms with E-state index in [1.54, 1.807) is 41.5 Å². The molecule has 19 heteroatoms. The molecule has 236 valence electrons. The highest BCUT2D eigenvalue weighted by Crippen LogP contribution is 2.52. The van der Waals surface area contributed by atoms with Crippen molar-refractivity contribution in [1.29, 1.82) is 0 Å². The lowest BCUT2D eigenvalue weighted by Crippen LogP contribution is -2.29. The molecule has 1 aliphatic heterocycles. The molecule has 3 unspecified atom stereocenters. The van der Waals surface area contributed by atoms with Crippen molar-refractivity contribution in [3.63, 3.8) is 0 Å². The summed E-state index contributed by atoms with van der Waals surface area (Å²) in [5.41, 5.74) is 6.36. The number of hydrogen-bond donors (Lipinski definition) is 1. The number of fused-ring (bicyclic) bond motifs is 1. The van der Waals surface area contributed by atoms with Crippen molar-refractivity contribution in [2.24, 2.45) is 5.92 Å². The summed E-state index contributed by atoms with van der Waals surface area (Å²) in [6, 6.07) is 0. The van der Waals surface area contributed by atoms with Crippen LogP contribution >= 0.6 is 7.82 Å². The molecule has 3 heterocycles. The monoisotopic (exact) mass is 623 g/mol. The molecule has 0 spiro atoms. The van der Waals surface area contributed by atoms with Crippen molar-refractivity contribution in [2.45, 2.75) is 72.3 Å². The Balaban J connectivity index is 1.70. The Bertz CT molecular complexity index is 1250. The molecule has 17 nitrogen and oxygen atoms in total. The Hall–Kier alpha value is -3.31. The number of halogens is 1. The summed E-state index contributed by atoms with van der Waals surface area (Å²) in [6.45, 7) is 7.23. The van der Waals surface area contributed by atoms with Gasteiger partial charge < -0.3 is 34.2 Å². The third kappa shape index (κ3) is 9.09. The van der Waals surface area contributed by atoms with Crippen LogP contribution in [0, 0.1) is 5.92 Å². The van der Waals surface area contributed by atoms with Crippen LogP contribution in [0.15, 0.2) is 6.33 Å². The molecule has 0 saturated carbocycles. The van der Waals surface area contributed by atoms with Crippen LogP contribution in [0.4, 0.5) is 19.9 Å². The van der Waals surface area contributed by atoms with E-state index in [9.17, 15) is 14.2 Å². The quantitative estimate of drug-likeness (QED) is 0.178. The number of anilines is 1. The van der Waals surface area contributed by atoms with Gasteiger partial charge in [0.1, 0.15) is 12.8 Å². The Morgan fingerprint density at radius 2 is 1.71 bits per heavy atom. The fourth-order valence-corrected chi connectivity index (χ4v) is 4.67. The summed E-state index contributed by atoms with van der Waals surface area (Å²) >= 11 is 0. The molecule has 2 N–H and O–H groups in total. The van der Waals surface area contributed by atoms with E-state index in [1.807, 2.05) is 0 Å². The molecule has 0 radical (unpaired) electrons.